The van der Waals surface area contributed by atoms with Gasteiger partial charge in [0.25, 0.3) is 5.91 Å². The molecule has 0 spiro atoms. The van der Waals surface area contributed by atoms with Crippen molar-refractivity contribution in [2.45, 2.75) is 50.5 Å². The highest BCUT2D eigenvalue weighted by Gasteiger charge is 2.37. The number of thiazole rings is 1. The Bertz CT molecular complexity index is 1340. The molecule has 3 heterocycles. The molecule has 0 bridgehead atoms. The van der Waals surface area contributed by atoms with Crippen LogP contribution >= 0.6 is 11.3 Å². The van der Waals surface area contributed by atoms with E-state index in [1.54, 1.807) is 24.5 Å². The second-order valence-corrected chi connectivity index (χ2v) is 11.7. The first-order valence-corrected chi connectivity index (χ1v) is 13.7. The fourth-order valence-corrected chi connectivity index (χ4v) is 5.54. The molecule has 1 amide bonds. The van der Waals surface area contributed by atoms with Crippen LogP contribution in [0.2, 0.25) is 0 Å². The minimum Gasteiger partial charge on any atom is -0.477 e. The van der Waals surface area contributed by atoms with Crippen LogP contribution in [0.5, 0.6) is 5.88 Å². The number of anilines is 1. The molecule has 1 aliphatic rings. The van der Waals surface area contributed by atoms with Crippen molar-refractivity contribution in [1.82, 2.24) is 25.3 Å². The van der Waals surface area contributed by atoms with Crippen LogP contribution in [0.4, 0.5) is 5.69 Å². The van der Waals surface area contributed by atoms with Gasteiger partial charge in [-0.05, 0) is 45.7 Å². The van der Waals surface area contributed by atoms with Gasteiger partial charge in [0, 0.05) is 19.5 Å². The van der Waals surface area contributed by atoms with E-state index >= 15 is 0 Å². The SMILES string of the molecule is CCOc1cncc(-c2cnc(C(=O)N[C@H](c3cc(NS(=O)(=O)C4CC4)ccn3)C(C)(C)OC)s2)n1. The summed E-state index contributed by atoms with van der Waals surface area (Å²) >= 11 is 1.16. The van der Waals surface area contributed by atoms with Gasteiger partial charge in [-0.3, -0.25) is 19.5 Å². The lowest BCUT2D eigenvalue weighted by atomic mass is 9.94. The molecule has 0 unspecified atom stereocenters. The number of sulfonamides is 1. The first-order valence-electron chi connectivity index (χ1n) is 11.4. The number of aromatic nitrogens is 4. The Labute approximate surface area is 213 Å². The summed E-state index contributed by atoms with van der Waals surface area (Å²) in [4.78, 5) is 31.0. The topological polar surface area (TPSA) is 145 Å². The normalized spacial score (nSPS) is 14.8. The maximum atomic E-state index is 13.2. The van der Waals surface area contributed by atoms with Crippen molar-refractivity contribution in [2.75, 3.05) is 18.4 Å². The third-order valence-corrected chi connectivity index (χ3v) is 8.54. The molecule has 0 saturated heterocycles. The number of pyridine rings is 1. The molecule has 11 nitrogen and oxygen atoms in total. The van der Waals surface area contributed by atoms with Crippen LogP contribution in [0.1, 0.15) is 55.2 Å². The summed E-state index contributed by atoms with van der Waals surface area (Å²) in [5.74, 6) is -0.0411. The summed E-state index contributed by atoms with van der Waals surface area (Å²) in [7, 11) is -1.91. The van der Waals surface area contributed by atoms with Gasteiger partial charge < -0.3 is 14.8 Å². The molecule has 192 valence electrons. The zero-order valence-corrected chi connectivity index (χ0v) is 22.0. The zero-order chi connectivity index (χ0) is 25.9. The second kappa shape index (κ2) is 10.4. The number of hydrogen-bond acceptors (Lipinski definition) is 10. The maximum Gasteiger partial charge on any atom is 0.280 e. The molecule has 3 aromatic heterocycles. The summed E-state index contributed by atoms with van der Waals surface area (Å²) in [6, 6.07) is 2.48. The van der Waals surface area contributed by atoms with Gasteiger partial charge in [-0.25, -0.2) is 18.4 Å². The zero-order valence-electron chi connectivity index (χ0n) is 20.4. The van der Waals surface area contributed by atoms with E-state index in [9.17, 15) is 13.2 Å². The Hall–Kier alpha value is -3.16. The Morgan fingerprint density at radius 2 is 2.03 bits per heavy atom. The monoisotopic (exact) mass is 532 g/mol. The van der Waals surface area contributed by atoms with Crippen LogP contribution < -0.4 is 14.8 Å². The van der Waals surface area contributed by atoms with E-state index < -0.39 is 27.6 Å². The van der Waals surface area contributed by atoms with Crippen molar-refractivity contribution in [3.05, 3.63) is 47.6 Å². The third-order valence-electron chi connectivity index (χ3n) is 5.65. The van der Waals surface area contributed by atoms with Crippen molar-refractivity contribution in [3.8, 4) is 16.5 Å². The summed E-state index contributed by atoms with van der Waals surface area (Å²) in [5, 5.41) is 2.80. The Kier molecular flexibility index (Phi) is 7.52. The fourth-order valence-electron chi connectivity index (χ4n) is 3.39. The van der Waals surface area contributed by atoms with Gasteiger partial charge >= 0.3 is 0 Å². The van der Waals surface area contributed by atoms with E-state index in [1.807, 2.05) is 20.8 Å². The molecule has 0 radical (unpaired) electrons. The van der Waals surface area contributed by atoms with Gasteiger partial charge in [-0.15, -0.1) is 11.3 Å². The van der Waals surface area contributed by atoms with Crippen LogP contribution in [0.3, 0.4) is 0 Å². The van der Waals surface area contributed by atoms with Crippen LogP contribution in [0.15, 0.2) is 36.9 Å². The molecule has 0 aromatic carbocycles. The van der Waals surface area contributed by atoms with Crippen molar-refractivity contribution >= 4 is 33.0 Å². The van der Waals surface area contributed by atoms with Crippen molar-refractivity contribution in [2.24, 2.45) is 0 Å². The fraction of sp³-hybridized carbons (Fsp3) is 0.435. The molecule has 13 heteroatoms. The van der Waals surface area contributed by atoms with Gasteiger partial charge in [-0.2, -0.15) is 0 Å². The van der Waals surface area contributed by atoms with Crippen molar-refractivity contribution in [3.63, 3.8) is 0 Å². The highest BCUT2D eigenvalue weighted by molar-refractivity contribution is 7.93. The van der Waals surface area contributed by atoms with E-state index in [1.165, 1.54) is 19.5 Å². The minimum atomic E-state index is -3.44. The molecule has 1 aliphatic carbocycles. The van der Waals surface area contributed by atoms with E-state index in [2.05, 4.69) is 30.0 Å². The predicted octanol–water partition coefficient (Wildman–Crippen LogP) is 3.19. The number of ether oxygens (including phenoxy) is 2. The quantitative estimate of drug-likeness (QED) is 0.380. The van der Waals surface area contributed by atoms with E-state index in [4.69, 9.17) is 9.47 Å². The van der Waals surface area contributed by atoms with Gasteiger partial charge in [0.15, 0.2) is 5.01 Å². The number of methoxy groups -OCH3 is 1. The number of nitrogens with zero attached hydrogens (tertiary/aromatic N) is 4. The standard InChI is InChI=1S/C23H28N6O5S2/c1-5-34-19-13-24-11-17(27-19)18-12-26-22(35-18)21(30)28-20(23(2,3)33-4)16-10-14(8-9-25-16)29-36(31,32)15-6-7-15/h8-13,15,20H,5-7H2,1-4H3,(H,25,29)(H,28,30)/t20-/m1/s1. The van der Waals surface area contributed by atoms with Crippen LogP contribution in [-0.2, 0) is 14.8 Å². The number of hydrogen-bond donors (Lipinski definition) is 2. The second-order valence-electron chi connectivity index (χ2n) is 8.74. The Balaban J connectivity index is 1.56. The van der Waals surface area contributed by atoms with Gasteiger partial charge in [0.05, 0.1) is 46.1 Å². The average Bonchev–Trinajstić information content (AvgIpc) is 3.60. The molecule has 2 N–H and O–H groups in total. The number of rotatable bonds is 11. The van der Waals surface area contributed by atoms with Crippen molar-refractivity contribution in [1.29, 1.82) is 0 Å². The van der Waals surface area contributed by atoms with E-state index in [0.29, 0.717) is 47.3 Å². The minimum absolute atomic E-state index is 0.219. The lowest BCUT2D eigenvalue weighted by Gasteiger charge is -2.33. The van der Waals surface area contributed by atoms with Crippen LogP contribution in [0, 0.1) is 0 Å². The highest BCUT2D eigenvalue weighted by Crippen LogP contribution is 2.32. The first-order chi connectivity index (χ1) is 17.1. The number of nitrogens with one attached hydrogen (secondary N) is 2. The first kappa shape index (κ1) is 25.9. The molecular weight excluding hydrogens is 504 g/mol. The molecular formula is C23H28N6O5S2. The van der Waals surface area contributed by atoms with Gasteiger partial charge in [0.2, 0.25) is 15.9 Å². The molecule has 1 atom stereocenters. The third kappa shape index (κ3) is 5.97. The molecule has 36 heavy (non-hydrogen) atoms. The largest absolute Gasteiger partial charge is 0.477 e. The van der Waals surface area contributed by atoms with Crippen molar-refractivity contribution < 1.29 is 22.7 Å². The van der Waals surface area contributed by atoms with Crippen LogP contribution in [0.25, 0.3) is 10.6 Å². The van der Waals surface area contributed by atoms with E-state index in [0.717, 1.165) is 11.3 Å². The van der Waals surface area contributed by atoms with Gasteiger partial charge in [-0.1, -0.05) is 0 Å². The number of amides is 1. The highest BCUT2D eigenvalue weighted by atomic mass is 32.2. The molecule has 1 fully saturated rings. The smallest absolute Gasteiger partial charge is 0.280 e. The molecule has 0 aliphatic heterocycles. The Morgan fingerprint density at radius 3 is 2.72 bits per heavy atom. The number of carbonyl (C=O) groups is 1. The summed E-state index contributed by atoms with van der Waals surface area (Å²) < 4.78 is 38.4. The molecule has 1 saturated carbocycles. The summed E-state index contributed by atoms with van der Waals surface area (Å²) in [6.07, 6.45) is 7.45. The maximum absolute atomic E-state index is 13.2. The van der Waals surface area contributed by atoms with Crippen LogP contribution in [-0.4, -0.2) is 58.8 Å². The predicted molar refractivity (Wildman–Crippen MR) is 135 cm³/mol. The summed E-state index contributed by atoms with van der Waals surface area (Å²) in [5.41, 5.74) is 0.498. The average molecular weight is 533 g/mol. The number of carbonyl (C=O) groups excluding carboxylic acids is 1. The Morgan fingerprint density at radius 1 is 1.25 bits per heavy atom. The molecule has 4 rings (SSSR count). The lowest BCUT2D eigenvalue weighted by molar-refractivity contribution is -0.0111. The lowest BCUT2D eigenvalue weighted by Crippen LogP contribution is -2.44. The summed E-state index contributed by atoms with van der Waals surface area (Å²) in [6.45, 7) is 5.93. The van der Waals surface area contributed by atoms with E-state index in [-0.39, 0.29) is 10.3 Å². The molecule has 3 aromatic rings. The van der Waals surface area contributed by atoms with Gasteiger partial charge in [0.1, 0.15) is 11.7 Å².